The molecule has 1 aromatic rings. The van der Waals surface area contributed by atoms with Crippen LogP contribution < -0.4 is 5.32 Å². The Morgan fingerprint density at radius 3 is 2.85 bits per heavy atom. The average molecular weight is 175 g/mol. The molecule has 0 radical (unpaired) electrons. The van der Waals surface area contributed by atoms with Gasteiger partial charge in [0.25, 0.3) is 0 Å². The van der Waals surface area contributed by atoms with E-state index in [2.05, 4.69) is 44.3 Å². The highest BCUT2D eigenvalue weighted by atomic mass is 14.9. The summed E-state index contributed by atoms with van der Waals surface area (Å²) in [5, 5.41) is 3.49. The molecule has 1 nitrogen and oxygen atoms in total. The molecule has 1 aliphatic heterocycles. The first-order valence-corrected chi connectivity index (χ1v) is 5.06. The molecule has 0 unspecified atom stereocenters. The Hall–Kier alpha value is -0.980. The van der Waals surface area contributed by atoms with Gasteiger partial charge in [0.2, 0.25) is 0 Å². The summed E-state index contributed by atoms with van der Waals surface area (Å²) in [6, 6.07) is 7.42. The predicted molar refractivity (Wildman–Crippen MR) is 57.3 cm³/mol. The summed E-state index contributed by atoms with van der Waals surface area (Å²) in [7, 11) is 0. The molecule has 1 N–H and O–H groups in total. The average Bonchev–Trinajstić information content (AvgIpc) is 2.42. The first-order valence-electron chi connectivity index (χ1n) is 5.06. The molecule has 70 valence electrons. The highest BCUT2D eigenvalue weighted by molar-refractivity contribution is 5.58. The second-order valence-corrected chi connectivity index (χ2v) is 4.32. The van der Waals surface area contributed by atoms with E-state index in [4.69, 9.17) is 0 Å². The van der Waals surface area contributed by atoms with Gasteiger partial charge in [-0.3, -0.25) is 0 Å². The molecule has 1 aromatic carbocycles. The van der Waals surface area contributed by atoms with Crippen molar-refractivity contribution >= 4 is 5.69 Å². The van der Waals surface area contributed by atoms with Gasteiger partial charge in [0.1, 0.15) is 0 Å². The molecule has 0 aromatic heterocycles. The van der Waals surface area contributed by atoms with Gasteiger partial charge in [-0.2, -0.15) is 0 Å². The number of rotatable bonds is 1. The van der Waals surface area contributed by atoms with E-state index >= 15 is 0 Å². The summed E-state index contributed by atoms with van der Waals surface area (Å²) < 4.78 is 0. The molecular weight excluding hydrogens is 158 g/mol. The van der Waals surface area contributed by atoms with Gasteiger partial charge in [0.15, 0.2) is 0 Å². The normalized spacial score (nSPS) is 20.2. The monoisotopic (exact) mass is 175 g/mol. The van der Waals surface area contributed by atoms with E-state index in [0.717, 1.165) is 0 Å². The Labute approximate surface area is 80.2 Å². The minimum Gasteiger partial charge on any atom is -0.382 e. The van der Waals surface area contributed by atoms with Crippen LogP contribution in [0.15, 0.2) is 18.2 Å². The van der Waals surface area contributed by atoms with E-state index in [1.807, 2.05) is 0 Å². The van der Waals surface area contributed by atoms with Crippen LogP contribution in [0.3, 0.4) is 0 Å². The number of benzene rings is 1. The van der Waals surface area contributed by atoms with Crippen molar-refractivity contribution in [1.82, 2.24) is 0 Å². The zero-order valence-electron chi connectivity index (χ0n) is 8.59. The largest absolute Gasteiger partial charge is 0.382 e. The van der Waals surface area contributed by atoms with Gasteiger partial charge in [-0.15, -0.1) is 0 Å². The molecule has 1 atom stereocenters. The van der Waals surface area contributed by atoms with Gasteiger partial charge < -0.3 is 5.32 Å². The molecule has 0 amide bonds. The van der Waals surface area contributed by atoms with Gasteiger partial charge in [-0.1, -0.05) is 26.0 Å². The molecule has 0 aliphatic carbocycles. The Kier molecular flexibility index (Phi) is 2.03. The van der Waals surface area contributed by atoms with Crippen molar-refractivity contribution in [2.45, 2.75) is 39.2 Å². The Balaban J connectivity index is 2.35. The number of nitrogens with one attached hydrogen (secondary N) is 1. The topological polar surface area (TPSA) is 12.0 Å². The predicted octanol–water partition coefficient (Wildman–Crippen LogP) is 3.17. The summed E-state index contributed by atoms with van der Waals surface area (Å²) >= 11 is 0. The van der Waals surface area contributed by atoms with E-state index < -0.39 is 0 Å². The first-order chi connectivity index (χ1) is 6.16. The Morgan fingerprint density at radius 2 is 2.15 bits per heavy atom. The van der Waals surface area contributed by atoms with Gasteiger partial charge in [0, 0.05) is 11.7 Å². The van der Waals surface area contributed by atoms with E-state index in [1.54, 1.807) is 0 Å². The maximum absolute atomic E-state index is 3.49. The quantitative estimate of drug-likeness (QED) is 0.691. The lowest BCUT2D eigenvalue weighted by atomic mass is 10.0. The van der Waals surface area contributed by atoms with Gasteiger partial charge in [-0.05, 0) is 36.5 Å². The van der Waals surface area contributed by atoms with Gasteiger partial charge >= 0.3 is 0 Å². The van der Waals surface area contributed by atoms with Crippen LogP contribution in [0.25, 0.3) is 0 Å². The zero-order valence-corrected chi connectivity index (χ0v) is 8.59. The lowest BCUT2D eigenvalue weighted by molar-refractivity contribution is 0.839. The fourth-order valence-electron chi connectivity index (χ4n) is 1.91. The van der Waals surface area contributed by atoms with Gasteiger partial charge in [-0.25, -0.2) is 0 Å². The first kappa shape index (κ1) is 8.61. The summed E-state index contributed by atoms with van der Waals surface area (Å²) in [5.41, 5.74) is 4.25. The van der Waals surface area contributed by atoms with Crippen LogP contribution in [0.2, 0.25) is 0 Å². The molecule has 0 saturated heterocycles. The SMILES string of the molecule is CC(C)c1ccc2c(c1)N[C@H](C)C2. The number of anilines is 1. The molecule has 13 heavy (non-hydrogen) atoms. The Bertz CT molecular complexity index is 315. The van der Waals surface area contributed by atoms with Crippen molar-refractivity contribution in [3.05, 3.63) is 29.3 Å². The molecule has 1 aliphatic rings. The van der Waals surface area contributed by atoms with Crippen LogP contribution in [-0.2, 0) is 6.42 Å². The van der Waals surface area contributed by atoms with Crippen molar-refractivity contribution in [3.63, 3.8) is 0 Å². The van der Waals surface area contributed by atoms with Crippen LogP contribution in [0.1, 0.15) is 37.8 Å². The lowest BCUT2D eigenvalue weighted by Gasteiger charge is -2.08. The second kappa shape index (κ2) is 3.06. The molecule has 2 rings (SSSR count). The van der Waals surface area contributed by atoms with Crippen LogP contribution in [0.5, 0.6) is 0 Å². The second-order valence-electron chi connectivity index (χ2n) is 4.32. The standard InChI is InChI=1S/C12H17N/c1-8(2)10-4-5-11-6-9(3)13-12(11)7-10/h4-5,7-9,13H,6H2,1-3H3/t9-/m1/s1. The fourth-order valence-corrected chi connectivity index (χ4v) is 1.91. The highest BCUT2D eigenvalue weighted by Gasteiger charge is 2.16. The molecule has 1 heterocycles. The minimum atomic E-state index is 0.609. The smallest absolute Gasteiger partial charge is 0.0378 e. The van der Waals surface area contributed by atoms with Crippen LogP contribution in [-0.4, -0.2) is 6.04 Å². The van der Waals surface area contributed by atoms with Crippen molar-refractivity contribution in [3.8, 4) is 0 Å². The highest BCUT2D eigenvalue weighted by Crippen LogP contribution is 2.29. The molecular formula is C12H17N. The summed E-state index contributed by atoms with van der Waals surface area (Å²) in [4.78, 5) is 0. The van der Waals surface area contributed by atoms with Gasteiger partial charge in [0.05, 0.1) is 0 Å². The third-order valence-corrected chi connectivity index (χ3v) is 2.73. The van der Waals surface area contributed by atoms with E-state index in [0.29, 0.717) is 12.0 Å². The third kappa shape index (κ3) is 1.55. The minimum absolute atomic E-state index is 0.609. The van der Waals surface area contributed by atoms with E-state index in [1.165, 1.54) is 23.2 Å². The molecule has 0 spiro atoms. The summed E-state index contributed by atoms with van der Waals surface area (Å²) in [6.07, 6.45) is 1.17. The molecule has 0 fully saturated rings. The van der Waals surface area contributed by atoms with E-state index in [-0.39, 0.29) is 0 Å². The number of fused-ring (bicyclic) bond motifs is 1. The summed E-state index contributed by atoms with van der Waals surface area (Å²) in [6.45, 7) is 6.70. The molecule has 0 bridgehead atoms. The maximum Gasteiger partial charge on any atom is 0.0378 e. The van der Waals surface area contributed by atoms with Crippen molar-refractivity contribution in [1.29, 1.82) is 0 Å². The van der Waals surface area contributed by atoms with Crippen molar-refractivity contribution in [2.24, 2.45) is 0 Å². The number of hydrogen-bond donors (Lipinski definition) is 1. The fraction of sp³-hybridized carbons (Fsp3) is 0.500. The van der Waals surface area contributed by atoms with Crippen molar-refractivity contribution < 1.29 is 0 Å². The maximum atomic E-state index is 3.49. The van der Waals surface area contributed by atoms with Crippen molar-refractivity contribution in [2.75, 3.05) is 5.32 Å². The van der Waals surface area contributed by atoms with Crippen LogP contribution in [0, 0.1) is 0 Å². The lowest BCUT2D eigenvalue weighted by Crippen LogP contribution is -2.08. The third-order valence-electron chi connectivity index (χ3n) is 2.73. The molecule has 1 heteroatoms. The Morgan fingerprint density at radius 1 is 1.38 bits per heavy atom. The number of hydrogen-bond acceptors (Lipinski definition) is 1. The zero-order chi connectivity index (χ0) is 9.42. The molecule has 0 saturated carbocycles. The summed E-state index contributed by atoms with van der Waals surface area (Å²) in [5.74, 6) is 0.628. The van der Waals surface area contributed by atoms with Crippen LogP contribution in [0.4, 0.5) is 5.69 Å². The van der Waals surface area contributed by atoms with Crippen LogP contribution >= 0.6 is 0 Å². The van der Waals surface area contributed by atoms with E-state index in [9.17, 15) is 0 Å².